The van der Waals surface area contributed by atoms with Crippen LogP contribution in [0.3, 0.4) is 0 Å². The van der Waals surface area contributed by atoms with E-state index in [9.17, 15) is 4.79 Å². The average molecular weight is 296 g/mol. The fourth-order valence-electron chi connectivity index (χ4n) is 1.92. The maximum atomic E-state index is 12.3. The Kier molecular flexibility index (Phi) is 5.46. The van der Waals surface area contributed by atoms with E-state index < -0.39 is 0 Å². The number of anilines is 1. The Balaban J connectivity index is 2.04. The molecule has 0 aliphatic rings. The van der Waals surface area contributed by atoms with Crippen LogP contribution in [0.15, 0.2) is 48.8 Å². The van der Waals surface area contributed by atoms with E-state index in [4.69, 9.17) is 10.4 Å². The van der Waals surface area contributed by atoms with E-state index in [1.54, 1.807) is 42.7 Å². The molecule has 1 aromatic heterocycles. The molecule has 0 aliphatic carbocycles. The molecule has 0 atom stereocenters. The van der Waals surface area contributed by atoms with E-state index >= 15 is 0 Å². The first-order chi connectivity index (χ1) is 10.7. The molecular formula is C16H16N4O2. The molecule has 0 unspecified atom stereocenters. The van der Waals surface area contributed by atoms with Gasteiger partial charge in [-0.1, -0.05) is 6.07 Å². The Morgan fingerprint density at radius 1 is 1.32 bits per heavy atom. The fourth-order valence-corrected chi connectivity index (χ4v) is 1.92. The van der Waals surface area contributed by atoms with Crippen molar-refractivity contribution in [3.63, 3.8) is 0 Å². The van der Waals surface area contributed by atoms with Gasteiger partial charge >= 0.3 is 6.03 Å². The number of aliphatic hydroxyl groups is 1. The molecule has 2 rings (SSSR count). The number of nitrogens with zero attached hydrogens (tertiary/aromatic N) is 3. The normalized spacial score (nSPS) is 9.82. The molecule has 6 nitrogen and oxygen atoms in total. The largest absolute Gasteiger partial charge is 0.395 e. The van der Waals surface area contributed by atoms with E-state index in [0.717, 1.165) is 5.56 Å². The Morgan fingerprint density at radius 2 is 2.09 bits per heavy atom. The molecule has 22 heavy (non-hydrogen) atoms. The van der Waals surface area contributed by atoms with Crippen molar-refractivity contribution < 1.29 is 9.90 Å². The van der Waals surface area contributed by atoms with Gasteiger partial charge in [-0.05, 0) is 35.9 Å². The molecule has 0 radical (unpaired) electrons. The van der Waals surface area contributed by atoms with Gasteiger partial charge in [0.05, 0.1) is 18.2 Å². The van der Waals surface area contributed by atoms with Crippen molar-refractivity contribution in [2.75, 3.05) is 18.5 Å². The minimum atomic E-state index is -0.317. The van der Waals surface area contributed by atoms with Crippen molar-refractivity contribution in [3.05, 3.63) is 59.9 Å². The van der Waals surface area contributed by atoms with Crippen LogP contribution >= 0.6 is 0 Å². The van der Waals surface area contributed by atoms with Gasteiger partial charge in [0.2, 0.25) is 0 Å². The highest BCUT2D eigenvalue weighted by atomic mass is 16.3. The maximum Gasteiger partial charge on any atom is 0.322 e. The number of nitrogens with one attached hydrogen (secondary N) is 1. The summed E-state index contributed by atoms with van der Waals surface area (Å²) >= 11 is 0. The van der Waals surface area contributed by atoms with Gasteiger partial charge in [-0.3, -0.25) is 4.98 Å². The van der Waals surface area contributed by atoms with Gasteiger partial charge in [0.1, 0.15) is 0 Å². The zero-order valence-corrected chi connectivity index (χ0v) is 11.9. The number of nitriles is 1. The predicted molar refractivity (Wildman–Crippen MR) is 81.9 cm³/mol. The fraction of sp³-hybridized carbons (Fsp3) is 0.188. The number of urea groups is 1. The quantitative estimate of drug-likeness (QED) is 0.883. The monoisotopic (exact) mass is 296 g/mol. The van der Waals surface area contributed by atoms with Crippen LogP contribution in [0.4, 0.5) is 10.5 Å². The smallest absolute Gasteiger partial charge is 0.322 e. The van der Waals surface area contributed by atoms with Crippen molar-refractivity contribution in [3.8, 4) is 6.07 Å². The van der Waals surface area contributed by atoms with E-state index in [1.165, 1.54) is 4.90 Å². The number of pyridine rings is 1. The third kappa shape index (κ3) is 4.30. The van der Waals surface area contributed by atoms with Crippen LogP contribution in [0.2, 0.25) is 0 Å². The molecule has 2 amide bonds. The van der Waals surface area contributed by atoms with Gasteiger partial charge in [-0.25, -0.2) is 4.79 Å². The molecule has 0 saturated carbocycles. The van der Waals surface area contributed by atoms with Gasteiger partial charge in [-0.15, -0.1) is 0 Å². The summed E-state index contributed by atoms with van der Waals surface area (Å²) in [4.78, 5) is 17.8. The maximum absolute atomic E-state index is 12.3. The molecule has 2 N–H and O–H groups in total. The summed E-state index contributed by atoms with van der Waals surface area (Å²) in [5.74, 6) is 0. The minimum absolute atomic E-state index is 0.124. The number of benzene rings is 1. The molecule has 0 aliphatic heterocycles. The molecule has 1 aromatic carbocycles. The summed E-state index contributed by atoms with van der Waals surface area (Å²) in [5.41, 5.74) is 2.00. The number of hydrogen-bond acceptors (Lipinski definition) is 4. The molecule has 0 bridgehead atoms. The predicted octanol–water partition coefficient (Wildman–Crippen LogP) is 1.98. The van der Waals surface area contributed by atoms with Crippen LogP contribution < -0.4 is 5.32 Å². The van der Waals surface area contributed by atoms with E-state index in [2.05, 4.69) is 10.3 Å². The molecule has 112 valence electrons. The van der Waals surface area contributed by atoms with Crippen LogP contribution in [0.25, 0.3) is 0 Å². The van der Waals surface area contributed by atoms with Crippen LogP contribution in [-0.4, -0.2) is 34.2 Å². The number of carbonyl (C=O) groups is 1. The summed E-state index contributed by atoms with van der Waals surface area (Å²) in [5, 5.41) is 20.6. The summed E-state index contributed by atoms with van der Waals surface area (Å²) in [6, 6.07) is 12.0. The summed E-state index contributed by atoms with van der Waals surface area (Å²) in [7, 11) is 0. The van der Waals surface area contributed by atoms with Crippen molar-refractivity contribution in [1.82, 2.24) is 9.88 Å². The van der Waals surface area contributed by atoms with E-state index in [0.29, 0.717) is 17.8 Å². The first-order valence-corrected chi connectivity index (χ1v) is 6.79. The second kappa shape index (κ2) is 7.76. The van der Waals surface area contributed by atoms with E-state index in [-0.39, 0.29) is 19.2 Å². The second-order valence-corrected chi connectivity index (χ2v) is 4.63. The highest BCUT2D eigenvalue weighted by molar-refractivity contribution is 5.89. The number of aromatic nitrogens is 1. The highest BCUT2D eigenvalue weighted by Gasteiger charge is 2.13. The summed E-state index contributed by atoms with van der Waals surface area (Å²) in [6.07, 6.45) is 3.34. The lowest BCUT2D eigenvalue weighted by molar-refractivity contribution is 0.185. The number of hydrogen-bond donors (Lipinski definition) is 2. The van der Waals surface area contributed by atoms with Gasteiger partial charge in [0.25, 0.3) is 0 Å². The lowest BCUT2D eigenvalue weighted by Crippen LogP contribution is -2.36. The molecule has 1 heterocycles. The van der Waals surface area contributed by atoms with Crippen LogP contribution in [0.1, 0.15) is 11.1 Å². The second-order valence-electron chi connectivity index (χ2n) is 4.63. The molecule has 0 fully saturated rings. The zero-order chi connectivity index (χ0) is 15.8. The highest BCUT2D eigenvalue weighted by Crippen LogP contribution is 2.11. The van der Waals surface area contributed by atoms with Crippen LogP contribution in [0, 0.1) is 11.3 Å². The van der Waals surface area contributed by atoms with Gasteiger partial charge in [0, 0.05) is 31.2 Å². The lowest BCUT2D eigenvalue weighted by atomic mass is 10.2. The van der Waals surface area contributed by atoms with Crippen molar-refractivity contribution >= 4 is 11.7 Å². The Labute approximate surface area is 128 Å². The van der Waals surface area contributed by atoms with Gasteiger partial charge in [0.15, 0.2) is 0 Å². The van der Waals surface area contributed by atoms with Gasteiger partial charge in [-0.2, -0.15) is 5.26 Å². The molecule has 6 heteroatoms. The summed E-state index contributed by atoms with van der Waals surface area (Å²) < 4.78 is 0. The van der Waals surface area contributed by atoms with Crippen molar-refractivity contribution in [2.45, 2.75) is 6.54 Å². The first kappa shape index (κ1) is 15.5. The minimum Gasteiger partial charge on any atom is -0.395 e. The number of amides is 2. The SMILES string of the molecule is N#Cc1ccc(NC(=O)N(CCO)Cc2cccnc2)cc1. The lowest BCUT2D eigenvalue weighted by Gasteiger charge is -2.22. The zero-order valence-electron chi connectivity index (χ0n) is 11.9. The third-order valence-electron chi connectivity index (χ3n) is 3.02. The van der Waals surface area contributed by atoms with Crippen LogP contribution in [-0.2, 0) is 6.54 Å². The third-order valence-corrected chi connectivity index (χ3v) is 3.02. The molecule has 2 aromatic rings. The topological polar surface area (TPSA) is 89.2 Å². The number of carbonyl (C=O) groups excluding carboxylic acids is 1. The van der Waals surface area contributed by atoms with Gasteiger partial charge < -0.3 is 15.3 Å². The van der Waals surface area contributed by atoms with Crippen molar-refractivity contribution in [2.24, 2.45) is 0 Å². The average Bonchev–Trinajstić information content (AvgIpc) is 2.56. The molecular weight excluding hydrogens is 280 g/mol. The summed E-state index contributed by atoms with van der Waals surface area (Å²) in [6.45, 7) is 0.453. The molecule has 0 saturated heterocycles. The Bertz CT molecular complexity index is 650. The standard InChI is InChI=1S/C16H16N4O2/c17-10-13-3-5-15(6-4-13)19-16(22)20(8-9-21)12-14-2-1-7-18-11-14/h1-7,11,21H,8-9,12H2,(H,19,22). The first-order valence-electron chi connectivity index (χ1n) is 6.79. The number of aliphatic hydroxyl groups excluding tert-OH is 1. The Morgan fingerprint density at radius 3 is 2.68 bits per heavy atom. The van der Waals surface area contributed by atoms with Crippen LogP contribution in [0.5, 0.6) is 0 Å². The van der Waals surface area contributed by atoms with Crippen molar-refractivity contribution in [1.29, 1.82) is 5.26 Å². The van der Waals surface area contributed by atoms with E-state index in [1.807, 2.05) is 12.1 Å². The number of rotatable bonds is 5. The molecule has 0 spiro atoms. The Hall–Kier alpha value is -2.91.